The molecular formula is C7H18ClN3O. The fourth-order valence-electron chi connectivity index (χ4n) is 0.785. The van der Waals surface area contributed by atoms with Gasteiger partial charge in [0.15, 0.2) is 5.96 Å². The summed E-state index contributed by atoms with van der Waals surface area (Å²) in [6, 6.07) is 0. The van der Waals surface area contributed by atoms with Gasteiger partial charge in [-0.25, -0.2) is 0 Å². The first-order valence-electron chi connectivity index (χ1n) is 3.93. The van der Waals surface area contributed by atoms with E-state index in [-0.39, 0.29) is 25.0 Å². The number of hydrogen-bond acceptors (Lipinski definition) is 2. The van der Waals surface area contributed by atoms with Crippen LogP contribution >= 0.6 is 12.4 Å². The van der Waals surface area contributed by atoms with Gasteiger partial charge in [0, 0.05) is 13.2 Å². The fraction of sp³-hybridized carbons (Fsp3) is 0.857. The quantitative estimate of drug-likeness (QED) is 0.322. The first kappa shape index (κ1) is 14.1. The molecule has 0 bridgehead atoms. The Bertz CT molecular complexity index is 115. The second kappa shape index (κ2) is 10.5. The lowest BCUT2D eigenvalue weighted by atomic mass is 10.2. The van der Waals surface area contributed by atoms with Gasteiger partial charge >= 0.3 is 0 Å². The molecule has 0 aliphatic rings. The number of rotatable bonds is 6. The molecule has 0 aromatic rings. The molecule has 0 aliphatic heterocycles. The third-order valence-corrected chi connectivity index (χ3v) is 1.36. The van der Waals surface area contributed by atoms with Crippen LogP contribution in [0.2, 0.25) is 0 Å². The summed E-state index contributed by atoms with van der Waals surface area (Å²) in [5.74, 6) is 0.159. The Balaban J connectivity index is 0. The third-order valence-electron chi connectivity index (χ3n) is 1.36. The van der Waals surface area contributed by atoms with Crippen LogP contribution in [0.5, 0.6) is 0 Å². The van der Waals surface area contributed by atoms with Gasteiger partial charge in [-0.15, -0.1) is 12.4 Å². The Hall–Kier alpha value is -0.480. The van der Waals surface area contributed by atoms with Gasteiger partial charge in [0.05, 0.1) is 0 Å². The van der Waals surface area contributed by atoms with Crippen LogP contribution in [0.1, 0.15) is 25.7 Å². The zero-order valence-corrected chi connectivity index (χ0v) is 8.02. The van der Waals surface area contributed by atoms with Gasteiger partial charge in [-0.3, -0.25) is 4.99 Å². The number of nitrogens with two attached hydrogens (primary N) is 2. The molecule has 4 nitrogen and oxygen atoms in total. The van der Waals surface area contributed by atoms with Gasteiger partial charge in [-0.05, 0) is 12.8 Å². The molecule has 0 atom stereocenters. The summed E-state index contributed by atoms with van der Waals surface area (Å²) < 4.78 is 0. The van der Waals surface area contributed by atoms with Crippen molar-refractivity contribution in [2.75, 3.05) is 13.2 Å². The van der Waals surface area contributed by atoms with E-state index in [0.29, 0.717) is 6.54 Å². The van der Waals surface area contributed by atoms with E-state index in [0.717, 1.165) is 25.7 Å². The zero-order valence-electron chi connectivity index (χ0n) is 7.20. The highest BCUT2D eigenvalue weighted by atomic mass is 35.5. The molecular weight excluding hydrogens is 178 g/mol. The minimum atomic E-state index is 0. The maximum absolute atomic E-state index is 8.44. The first-order chi connectivity index (χ1) is 5.27. The number of aliphatic imine (C=N–C) groups is 1. The van der Waals surface area contributed by atoms with Gasteiger partial charge < -0.3 is 16.6 Å². The number of aliphatic hydroxyl groups is 1. The summed E-state index contributed by atoms with van der Waals surface area (Å²) >= 11 is 0. The van der Waals surface area contributed by atoms with Crippen molar-refractivity contribution in [2.24, 2.45) is 16.5 Å². The average molecular weight is 196 g/mol. The number of nitrogens with zero attached hydrogens (tertiary/aromatic N) is 1. The van der Waals surface area contributed by atoms with Crippen LogP contribution in [0.3, 0.4) is 0 Å². The lowest BCUT2D eigenvalue weighted by molar-refractivity contribution is 0.282. The van der Waals surface area contributed by atoms with Crippen LogP contribution in [0.4, 0.5) is 0 Å². The van der Waals surface area contributed by atoms with Gasteiger partial charge in [-0.2, -0.15) is 0 Å². The van der Waals surface area contributed by atoms with Crippen LogP contribution < -0.4 is 11.5 Å². The minimum absolute atomic E-state index is 0. The second-order valence-corrected chi connectivity index (χ2v) is 2.44. The summed E-state index contributed by atoms with van der Waals surface area (Å²) in [6.07, 6.45) is 4.01. The molecule has 0 saturated carbocycles. The highest BCUT2D eigenvalue weighted by Gasteiger charge is 1.87. The predicted molar refractivity (Wildman–Crippen MR) is 53.5 cm³/mol. The van der Waals surface area contributed by atoms with Gasteiger partial charge in [0.1, 0.15) is 0 Å². The summed E-state index contributed by atoms with van der Waals surface area (Å²) in [5.41, 5.74) is 10.2. The van der Waals surface area contributed by atoms with Crippen molar-refractivity contribution in [2.45, 2.75) is 25.7 Å². The minimum Gasteiger partial charge on any atom is -0.396 e. The average Bonchev–Trinajstić information content (AvgIpc) is 1.96. The molecule has 0 spiro atoms. The molecule has 0 saturated heterocycles. The van der Waals surface area contributed by atoms with Crippen LogP contribution in [0, 0.1) is 0 Å². The molecule has 74 valence electrons. The van der Waals surface area contributed by atoms with Crippen LogP contribution in [0.25, 0.3) is 0 Å². The van der Waals surface area contributed by atoms with Gasteiger partial charge in [0.2, 0.25) is 0 Å². The molecule has 0 aromatic carbocycles. The summed E-state index contributed by atoms with van der Waals surface area (Å²) in [7, 11) is 0. The van der Waals surface area contributed by atoms with Crippen LogP contribution in [-0.2, 0) is 0 Å². The van der Waals surface area contributed by atoms with Crippen molar-refractivity contribution in [3.05, 3.63) is 0 Å². The summed E-state index contributed by atoms with van der Waals surface area (Å²) in [6.45, 7) is 0.982. The van der Waals surface area contributed by atoms with Crippen LogP contribution in [-0.4, -0.2) is 24.2 Å². The topological polar surface area (TPSA) is 84.6 Å². The van der Waals surface area contributed by atoms with E-state index in [1.165, 1.54) is 0 Å². The Morgan fingerprint density at radius 3 is 2.17 bits per heavy atom. The van der Waals surface area contributed by atoms with Crippen molar-refractivity contribution in [3.63, 3.8) is 0 Å². The van der Waals surface area contributed by atoms with E-state index in [9.17, 15) is 0 Å². The molecule has 5 heteroatoms. The Morgan fingerprint density at radius 1 is 1.08 bits per heavy atom. The molecule has 0 rings (SSSR count). The van der Waals surface area contributed by atoms with Gasteiger partial charge in [-0.1, -0.05) is 12.8 Å². The molecule has 0 heterocycles. The highest BCUT2D eigenvalue weighted by molar-refractivity contribution is 5.85. The Labute approximate surface area is 79.5 Å². The maximum atomic E-state index is 8.44. The smallest absolute Gasteiger partial charge is 0.185 e. The van der Waals surface area contributed by atoms with E-state index in [1.807, 2.05) is 0 Å². The predicted octanol–water partition coefficient (Wildman–Crippen LogP) is 0.234. The highest BCUT2D eigenvalue weighted by Crippen LogP contribution is 1.98. The molecule has 0 unspecified atom stereocenters. The number of unbranched alkanes of at least 4 members (excludes halogenated alkanes) is 3. The normalized spacial score (nSPS) is 8.75. The standard InChI is InChI=1S/C7H17N3O.ClH/c8-7(9)10-5-3-1-2-4-6-11;/h11H,1-6H2,(H4,8,9,10);1H. The van der Waals surface area contributed by atoms with E-state index in [4.69, 9.17) is 16.6 Å². The third kappa shape index (κ3) is 12.2. The summed E-state index contributed by atoms with van der Waals surface area (Å²) in [5, 5.41) is 8.44. The molecule has 12 heavy (non-hydrogen) atoms. The number of hydrogen-bond donors (Lipinski definition) is 3. The summed E-state index contributed by atoms with van der Waals surface area (Å²) in [4.78, 5) is 3.83. The van der Waals surface area contributed by atoms with Gasteiger partial charge in [0.25, 0.3) is 0 Å². The molecule has 0 radical (unpaired) electrons. The number of halogens is 1. The molecule has 0 aliphatic carbocycles. The van der Waals surface area contributed by atoms with Crippen molar-refractivity contribution in [1.82, 2.24) is 0 Å². The van der Waals surface area contributed by atoms with E-state index in [2.05, 4.69) is 4.99 Å². The van der Waals surface area contributed by atoms with Crippen molar-refractivity contribution < 1.29 is 5.11 Å². The second-order valence-electron chi connectivity index (χ2n) is 2.44. The molecule has 5 N–H and O–H groups in total. The monoisotopic (exact) mass is 195 g/mol. The molecule has 0 fully saturated rings. The Kier molecular flexibility index (Phi) is 12.3. The largest absolute Gasteiger partial charge is 0.396 e. The van der Waals surface area contributed by atoms with Crippen LogP contribution in [0.15, 0.2) is 4.99 Å². The van der Waals surface area contributed by atoms with Crippen molar-refractivity contribution in [3.8, 4) is 0 Å². The lowest BCUT2D eigenvalue weighted by Gasteiger charge is -1.96. The molecule has 0 amide bonds. The first-order valence-corrected chi connectivity index (χ1v) is 3.93. The number of guanidine groups is 1. The Morgan fingerprint density at radius 2 is 1.67 bits per heavy atom. The SMILES string of the molecule is Cl.NC(N)=NCCCCCCO. The fourth-order valence-corrected chi connectivity index (χ4v) is 0.785. The van der Waals surface area contributed by atoms with E-state index >= 15 is 0 Å². The maximum Gasteiger partial charge on any atom is 0.185 e. The molecule has 0 aromatic heterocycles. The lowest BCUT2D eigenvalue weighted by Crippen LogP contribution is -2.22. The zero-order chi connectivity index (χ0) is 8.53. The van der Waals surface area contributed by atoms with Crippen molar-refractivity contribution in [1.29, 1.82) is 0 Å². The number of aliphatic hydroxyl groups excluding tert-OH is 1. The van der Waals surface area contributed by atoms with E-state index < -0.39 is 0 Å². The van der Waals surface area contributed by atoms with E-state index in [1.54, 1.807) is 0 Å². The van der Waals surface area contributed by atoms with Crippen molar-refractivity contribution >= 4 is 18.4 Å².